The number of benzene rings is 2. The van der Waals surface area contributed by atoms with Gasteiger partial charge in [-0.15, -0.1) is 0 Å². The Balaban J connectivity index is 2.50. The summed E-state index contributed by atoms with van der Waals surface area (Å²) in [6, 6.07) is 15.2. The summed E-state index contributed by atoms with van der Waals surface area (Å²) in [6.07, 6.45) is 1.56. The SMILES string of the molecule is C=CC(O)(c1ccc(Br)cc1)c1ccc(Br)cc1. The predicted molar refractivity (Wildman–Crippen MR) is 81.5 cm³/mol. The van der Waals surface area contributed by atoms with E-state index in [2.05, 4.69) is 38.4 Å². The lowest BCUT2D eigenvalue weighted by molar-refractivity contribution is 0.135. The molecule has 0 amide bonds. The summed E-state index contributed by atoms with van der Waals surface area (Å²) in [4.78, 5) is 0. The summed E-state index contributed by atoms with van der Waals surface area (Å²) in [5.41, 5.74) is 0.424. The third-order valence-corrected chi connectivity index (χ3v) is 3.92. The monoisotopic (exact) mass is 366 g/mol. The van der Waals surface area contributed by atoms with Crippen molar-refractivity contribution in [1.29, 1.82) is 0 Å². The number of aliphatic hydroxyl groups is 1. The molecule has 3 heteroatoms. The van der Waals surface area contributed by atoms with Gasteiger partial charge in [0.2, 0.25) is 0 Å². The Bertz CT molecular complexity index is 498. The second kappa shape index (κ2) is 5.39. The van der Waals surface area contributed by atoms with E-state index in [1.54, 1.807) is 6.08 Å². The summed E-state index contributed by atoms with van der Waals surface area (Å²) in [7, 11) is 0. The number of hydrogen-bond donors (Lipinski definition) is 1. The Morgan fingerprint density at radius 1 is 0.833 bits per heavy atom. The highest BCUT2D eigenvalue weighted by atomic mass is 79.9. The number of halogens is 2. The van der Waals surface area contributed by atoms with Gasteiger partial charge in [-0.2, -0.15) is 0 Å². The number of rotatable bonds is 3. The van der Waals surface area contributed by atoms with Crippen LogP contribution < -0.4 is 0 Å². The zero-order chi connectivity index (χ0) is 13.2. The fourth-order valence-electron chi connectivity index (χ4n) is 1.81. The minimum atomic E-state index is -1.17. The van der Waals surface area contributed by atoms with Crippen molar-refractivity contribution in [3.63, 3.8) is 0 Å². The predicted octanol–water partition coefficient (Wildman–Crippen LogP) is 4.63. The lowest BCUT2D eigenvalue weighted by Crippen LogP contribution is -2.24. The molecule has 0 aliphatic rings. The highest BCUT2D eigenvalue weighted by Gasteiger charge is 2.27. The third-order valence-electron chi connectivity index (χ3n) is 2.86. The molecular formula is C15H12Br2O. The fourth-order valence-corrected chi connectivity index (χ4v) is 2.34. The third kappa shape index (κ3) is 2.58. The van der Waals surface area contributed by atoms with E-state index in [1.807, 2.05) is 48.5 Å². The Morgan fingerprint density at radius 3 is 1.44 bits per heavy atom. The summed E-state index contributed by atoms with van der Waals surface area (Å²) >= 11 is 6.77. The molecule has 2 rings (SSSR count). The first-order valence-corrected chi connectivity index (χ1v) is 7.03. The molecule has 1 N–H and O–H groups in total. The first kappa shape index (κ1) is 13.5. The molecule has 0 radical (unpaired) electrons. The maximum Gasteiger partial charge on any atom is 0.133 e. The van der Waals surface area contributed by atoms with Gasteiger partial charge in [0, 0.05) is 8.95 Å². The van der Waals surface area contributed by atoms with Crippen molar-refractivity contribution in [3.8, 4) is 0 Å². The molecule has 0 atom stereocenters. The second-order valence-corrected chi connectivity index (χ2v) is 5.82. The van der Waals surface area contributed by atoms with Crippen LogP contribution in [0.25, 0.3) is 0 Å². The molecule has 2 aromatic carbocycles. The second-order valence-electron chi connectivity index (χ2n) is 3.98. The molecule has 0 saturated heterocycles. The smallest absolute Gasteiger partial charge is 0.133 e. The highest BCUT2D eigenvalue weighted by molar-refractivity contribution is 9.10. The van der Waals surface area contributed by atoms with Crippen molar-refractivity contribution in [2.45, 2.75) is 5.60 Å². The molecule has 92 valence electrons. The molecule has 0 bridgehead atoms. The largest absolute Gasteiger partial charge is 0.377 e. The summed E-state index contributed by atoms with van der Waals surface area (Å²) < 4.78 is 1.96. The van der Waals surface area contributed by atoms with Gasteiger partial charge in [-0.1, -0.05) is 68.8 Å². The minimum absolute atomic E-state index is 0.794. The van der Waals surface area contributed by atoms with Gasteiger partial charge in [-0.05, 0) is 35.4 Å². The van der Waals surface area contributed by atoms with E-state index in [1.165, 1.54) is 0 Å². The molecule has 0 heterocycles. The van der Waals surface area contributed by atoms with Crippen molar-refractivity contribution in [3.05, 3.63) is 81.3 Å². The summed E-state index contributed by atoms with van der Waals surface area (Å²) in [6.45, 7) is 3.76. The first-order valence-electron chi connectivity index (χ1n) is 5.44. The first-order chi connectivity index (χ1) is 8.56. The molecule has 0 saturated carbocycles. The normalized spacial score (nSPS) is 11.3. The van der Waals surface area contributed by atoms with Gasteiger partial charge < -0.3 is 5.11 Å². The molecule has 0 aliphatic heterocycles. The van der Waals surface area contributed by atoms with Crippen LogP contribution in [0.3, 0.4) is 0 Å². The van der Waals surface area contributed by atoms with E-state index in [0.29, 0.717) is 0 Å². The van der Waals surface area contributed by atoms with Crippen molar-refractivity contribution >= 4 is 31.9 Å². The van der Waals surface area contributed by atoms with Crippen molar-refractivity contribution < 1.29 is 5.11 Å². The van der Waals surface area contributed by atoms with Crippen molar-refractivity contribution in [2.24, 2.45) is 0 Å². The van der Waals surface area contributed by atoms with Crippen molar-refractivity contribution in [1.82, 2.24) is 0 Å². The molecule has 1 nitrogen and oxygen atoms in total. The standard InChI is InChI=1S/C15H12Br2O/c1-2-15(18,11-3-7-13(16)8-4-11)12-5-9-14(17)10-6-12/h2-10,18H,1H2. The summed E-state index contributed by atoms with van der Waals surface area (Å²) in [5, 5.41) is 10.8. The molecular weight excluding hydrogens is 356 g/mol. The van der Waals surface area contributed by atoms with Crippen LogP contribution in [-0.2, 0) is 5.60 Å². The zero-order valence-corrected chi connectivity index (χ0v) is 12.8. The van der Waals surface area contributed by atoms with E-state index >= 15 is 0 Å². The Morgan fingerprint density at radius 2 is 1.17 bits per heavy atom. The van der Waals surface area contributed by atoms with Crippen molar-refractivity contribution in [2.75, 3.05) is 0 Å². The maximum absolute atomic E-state index is 10.8. The lowest BCUT2D eigenvalue weighted by Gasteiger charge is -2.25. The zero-order valence-electron chi connectivity index (χ0n) is 9.61. The van der Waals surface area contributed by atoms with Gasteiger partial charge in [0.05, 0.1) is 0 Å². The molecule has 0 spiro atoms. The molecule has 18 heavy (non-hydrogen) atoms. The maximum atomic E-state index is 10.8. The van der Waals surface area contributed by atoms with Crippen LogP contribution in [0.2, 0.25) is 0 Å². The van der Waals surface area contributed by atoms with Crippen LogP contribution in [0.15, 0.2) is 70.1 Å². The molecule has 0 fully saturated rings. The van der Waals surface area contributed by atoms with Crippen LogP contribution in [0.4, 0.5) is 0 Å². The highest BCUT2D eigenvalue weighted by Crippen LogP contribution is 2.32. The van der Waals surface area contributed by atoms with Crippen LogP contribution >= 0.6 is 31.9 Å². The minimum Gasteiger partial charge on any atom is -0.377 e. The van der Waals surface area contributed by atoms with Crippen LogP contribution in [0.5, 0.6) is 0 Å². The van der Waals surface area contributed by atoms with Gasteiger partial charge in [0.15, 0.2) is 0 Å². The van der Waals surface area contributed by atoms with Crippen LogP contribution in [-0.4, -0.2) is 5.11 Å². The Kier molecular flexibility index (Phi) is 4.05. The molecule has 2 aromatic rings. The van der Waals surface area contributed by atoms with Gasteiger partial charge >= 0.3 is 0 Å². The summed E-state index contributed by atoms with van der Waals surface area (Å²) in [5.74, 6) is 0. The Hall–Kier alpha value is -0.900. The van der Waals surface area contributed by atoms with E-state index in [-0.39, 0.29) is 0 Å². The molecule has 0 unspecified atom stereocenters. The fraction of sp³-hybridized carbons (Fsp3) is 0.0667. The van der Waals surface area contributed by atoms with Gasteiger partial charge in [0.25, 0.3) is 0 Å². The van der Waals surface area contributed by atoms with Crippen LogP contribution in [0, 0.1) is 0 Å². The molecule has 0 aliphatic carbocycles. The van der Waals surface area contributed by atoms with E-state index in [4.69, 9.17) is 0 Å². The quantitative estimate of drug-likeness (QED) is 0.784. The Labute approximate surface area is 123 Å². The van der Waals surface area contributed by atoms with E-state index in [9.17, 15) is 5.11 Å². The topological polar surface area (TPSA) is 20.2 Å². The van der Waals surface area contributed by atoms with Gasteiger partial charge in [-0.3, -0.25) is 0 Å². The van der Waals surface area contributed by atoms with Gasteiger partial charge in [0.1, 0.15) is 5.60 Å². The average molecular weight is 368 g/mol. The van der Waals surface area contributed by atoms with Crippen LogP contribution in [0.1, 0.15) is 11.1 Å². The number of hydrogen-bond acceptors (Lipinski definition) is 1. The van der Waals surface area contributed by atoms with E-state index < -0.39 is 5.60 Å². The average Bonchev–Trinajstić information content (AvgIpc) is 2.39. The lowest BCUT2D eigenvalue weighted by atomic mass is 9.86. The van der Waals surface area contributed by atoms with Gasteiger partial charge in [-0.25, -0.2) is 0 Å². The van der Waals surface area contributed by atoms with E-state index in [0.717, 1.165) is 20.1 Å². The molecule has 0 aromatic heterocycles.